The molecule has 2 fully saturated rings. The Labute approximate surface area is 184 Å². The minimum absolute atomic E-state index is 0.0920. The number of nitrogens with zero attached hydrogens (tertiary/aromatic N) is 3. The standard InChI is InChI=1S/C22H37N5O2S/c1-22(2,3)29-21(28)25-18-9-11-27(15-18)20(23-4)24-13-17-7-5-10-26(14-17)16-19-8-6-12-30-19/h6,8,12,17-18H,5,7,9-11,13-16H2,1-4H3,(H,23,24)(H,25,28). The van der Waals surface area contributed by atoms with E-state index in [-0.39, 0.29) is 12.1 Å². The van der Waals surface area contributed by atoms with E-state index in [1.807, 2.05) is 39.2 Å². The minimum Gasteiger partial charge on any atom is -0.444 e. The molecule has 2 N–H and O–H groups in total. The molecule has 3 heterocycles. The van der Waals surface area contributed by atoms with Crippen LogP contribution in [-0.4, -0.2) is 73.3 Å². The van der Waals surface area contributed by atoms with Crippen molar-refractivity contribution in [3.05, 3.63) is 22.4 Å². The SMILES string of the molecule is CN=C(NCC1CCCN(Cc2cccs2)C1)N1CCC(NC(=O)OC(C)(C)C)C1. The average Bonchev–Trinajstić information content (AvgIpc) is 3.33. The highest BCUT2D eigenvalue weighted by Crippen LogP contribution is 2.20. The predicted molar refractivity (Wildman–Crippen MR) is 123 cm³/mol. The number of aliphatic imine (C=N–C) groups is 1. The number of guanidine groups is 1. The Morgan fingerprint density at radius 1 is 1.30 bits per heavy atom. The van der Waals surface area contributed by atoms with Crippen molar-refractivity contribution >= 4 is 23.4 Å². The maximum atomic E-state index is 12.0. The lowest BCUT2D eigenvalue weighted by Crippen LogP contribution is -2.46. The third-order valence-electron chi connectivity index (χ3n) is 5.53. The van der Waals surface area contributed by atoms with Gasteiger partial charge in [-0.1, -0.05) is 6.07 Å². The molecule has 0 aromatic carbocycles. The lowest BCUT2D eigenvalue weighted by atomic mass is 9.98. The van der Waals surface area contributed by atoms with E-state index < -0.39 is 5.60 Å². The Kier molecular flexibility index (Phi) is 7.99. The van der Waals surface area contributed by atoms with Crippen LogP contribution in [0.2, 0.25) is 0 Å². The molecule has 2 atom stereocenters. The van der Waals surface area contributed by atoms with E-state index in [1.54, 1.807) is 0 Å². The second kappa shape index (κ2) is 10.5. The van der Waals surface area contributed by atoms with Gasteiger partial charge in [-0.2, -0.15) is 0 Å². The molecule has 0 bridgehead atoms. The van der Waals surface area contributed by atoms with E-state index in [0.29, 0.717) is 5.92 Å². The number of carbonyl (C=O) groups excluding carboxylic acids is 1. The normalized spacial score (nSPS) is 23.5. The van der Waals surface area contributed by atoms with Gasteiger partial charge in [0.25, 0.3) is 0 Å². The summed E-state index contributed by atoms with van der Waals surface area (Å²) < 4.78 is 5.38. The van der Waals surface area contributed by atoms with Crippen LogP contribution in [0.5, 0.6) is 0 Å². The van der Waals surface area contributed by atoms with Gasteiger partial charge in [0, 0.05) is 44.6 Å². The fourth-order valence-electron chi connectivity index (χ4n) is 4.20. The van der Waals surface area contributed by atoms with E-state index in [2.05, 4.69) is 42.9 Å². The first kappa shape index (κ1) is 22.9. The molecule has 0 spiro atoms. The third kappa shape index (κ3) is 7.16. The van der Waals surface area contributed by atoms with Crippen LogP contribution in [0.15, 0.2) is 22.5 Å². The molecular weight excluding hydrogens is 398 g/mol. The van der Waals surface area contributed by atoms with Gasteiger partial charge in [0.1, 0.15) is 5.60 Å². The van der Waals surface area contributed by atoms with Gasteiger partial charge in [-0.05, 0) is 63.9 Å². The van der Waals surface area contributed by atoms with E-state index in [4.69, 9.17) is 4.74 Å². The van der Waals surface area contributed by atoms with Crippen LogP contribution < -0.4 is 10.6 Å². The molecule has 2 aliphatic rings. The maximum absolute atomic E-state index is 12.0. The summed E-state index contributed by atoms with van der Waals surface area (Å²) in [5.41, 5.74) is -0.475. The Hall–Kier alpha value is -1.80. The summed E-state index contributed by atoms with van der Waals surface area (Å²) in [7, 11) is 1.83. The molecule has 1 aromatic heterocycles. The molecule has 2 aliphatic heterocycles. The van der Waals surface area contributed by atoms with Crippen LogP contribution in [-0.2, 0) is 11.3 Å². The molecule has 1 aromatic rings. The van der Waals surface area contributed by atoms with Crippen molar-refractivity contribution in [2.75, 3.05) is 39.8 Å². The van der Waals surface area contributed by atoms with Crippen LogP contribution in [0.3, 0.4) is 0 Å². The number of alkyl carbamates (subject to hydrolysis) is 1. The van der Waals surface area contributed by atoms with Gasteiger partial charge in [-0.25, -0.2) is 4.79 Å². The van der Waals surface area contributed by atoms with Gasteiger partial charge >= 0.3 is 6.09 Å². The molecule has 0 radical (unpaired) electrons. The number of piperidine rings is 1. The number of carbonyl (C=O) groups is 1. The molecule has 1 amide bonds. The summed E-state index contributed by atoms with van der Waals surface area (Å²) in [4.78, 5) is 22.8. The molecular formula is C22H37N5O2S. The van der Waals surface area contributed by atoms with Gasteiger partial charge in [0.2, 0.25) is 0 Å². The minimum atomic E-state index is -0.475. The number of nitrogens with one attached hydrogen (secondary N) is 2. The summed E-state index contributed by atoms with van der Waals surface area (Å²) in [5.74, 6) is 1.56. The Balaban J connectivity index is 1.41. The van der Waals surface area contributed by atoms with Gasteiger partial charge in [0.05, 0.1) is 6.04 Å². The second-order valence-electron chi connectivity index (χ2n) is 9.33. The zero-order valence-corrected chi connectivity index (χ0v) is 19.6. The first-order valence-electron chi connectivity index (χ1n) is 11.0. The van der Waals surface area contributed by atoms with Crippen molar-refractivity contribution in [2.24, 2.45) is 10.9 Å². The van der Waals surface area contributed by atoms with Gasteiger partial charge in [-0.15, -0.1) is 11.3 Å². The molecule has 2 unspecified atom stereocenters. The number of hydrogen-bond donors (Lipinski definition) is 2. The van der Waals surface area contributed by atoms with Gasteiger partial charge in [-0.3, -0.25) is 9.89 Å². The fraction of sp³-hybridized carbons (Fsp3) is 0.727. The number of thiophene rings is 1. The quantitative estimate of drug-likeness (QED) is 0.549. The average molecular weight is 436 g/mol. The van der Waals surface area contributed by atoms with Crippen LogP contribution in [0, 0.1) is 5.92 Å². The van der Waals surface area contributed by atoms with Crippen molar-refractivity contribution in [1.29, 1.82) is 0 Å². The zero-order valence-electron chi connectivity index (χ0n) is 18.8. The van der Waals surface area contributed by atoms with Crippen LogP contribution in [0.1, 0.15) is 44.9 Å². The highest BCUT2D eigenvalue weighted by molar-refractivity contribution is 7.09. The number of hydrogen-bond acceptors (Lipinski definition) is 5. The molecule has 2 saturated heterocycles. The smallest absolute Gasteiger partial charge is 0.407 e. The third-order valence-corrected chi connectivity index (χ3v) is 6.39. The summed E-state index contributed by atoms with van der Waals surface area (Å²) >= 11 is 1.84. The van der Waals surface area contributed by atoms with Crippen molar-refractivity contribution in [2.45, 2.75) is 58.2 Å². The van der Waals surface area contributed by atoms with Gasteiger partial charge < -0.3 is 20.3 Å². The highest BCUT2D eigenvalue weighted by atomic mass is 32.1. The predicted octanol–water partition coefficient (Wildman–Crippen LogP) is 3.13. The van der Waals surface area contributed by atoms with Crippen molar-refractivity contribution in [3.8, 4) is 0 Å². The van der Waals surface area contributed by atoms with Gasteiger partial charge in [0.15, 0.2) is 5.96 Å². The van der Waals surface area contributed by atoms with Crippen molar-refractivity contribution < 1.29 is 9.53 Å². The summed E-state index contributed by atoms with van der Waals surface area (Å²) in [6.45, 7) is 11.6. The molecule has 30 heavy (non-hydrogen) atoms. The molecule has 168 valence electrons. The Morgan fingerprint density at radius 2 is 2.13 bits per heavy atom. The topological polar surface area (TPSA) is 69.2 Å². The molecule has 7 nitrogen and oxygen atoms in total. The van der Waals surface area contributed by atoms with Crippen molar-refractivity contribution in [3.63, 3.8) is 0 Å². The number of amides is 1. The van der Waals surface area contributed by atoms with Crippen LogP contribution >= 0.6 is 11.3 Å². The maximum Gasteiger partial charge on any atom is 0.407 e. The first-order chi connectivity index (χ1) is 14.3. The molecule has 0 aliphatic carbocycles. The lowest BCUT2D eigenvalue weighted by molar-refractivity contribution is 0.0507. The monoisotopic (exact) mass is 435 g/mol. The lowest BCUT2D eigenvalue weighted by Gasteiger charge is -2.33. The first-order valence-corrected chi connectivity index (χ1v) is 11.9. The van der Waals surface area contributed by atoms with Crippen molar-refractivity contribution in [1.82, 2.24) is 20.4 Å². The number of ether oxygens (including phenoxy) is 1. The Bertz CT molecular complexity index is 701. The Morgan fingerprint density at radius 3 is 2.83 bits per heavy atom. The van der Waals surface area contributed by atoms with E-state index in [0.717, 1.165) is 45.1 Å². The summed E-state index contributed by atoms with van der Waals surface area (Å²) in [6, 6.07) is 4.45. The summed E-state index contributed by atoms with van der Waals surface area (Å²) in [6.07, 6.45) is 3.07. The van der Waals surface area contributed by atoms with Crippen LogP contribution in [0.25, 0.3) is 0 Å². The van der Waals surface area contributed by atoms with E-state index >= 15 is 0 Å². The number of rotatable bonds is 5. The second-order valence-corrected chi connectivity index (χ2v) is 10.4. The molecule has 0 saturated carbocycles. The fourth-order valence-corrected chi connectivity index (χ4v) is 4.94. The number of likely N-dealkylation sites (tertiary alicyclic amines) is 2. The van der Waals surface area contributed by atoms with Crippen LogP contribution in [0.4, 0.5) is 4.79 Å². The molecule has 8 heteroatoms. The zero-order chi connectivity index (χ0) is 21.6. The van der Waals surface area contributed by atoms with E-state index in [1.165, 1.54) is 24.3 Å². The summed E-state index contributed by atoms with van der Waals surface area (Å²) in [5, 5.41) is 8.72. The highest BCUT2D eigenvalue weighted by Gasteiger charge is 2.28. The molecule has 3 rings (SSSR count). The van der Waals surface area contributed by atoms with E-state index in [9.17, 15) is 4.79 Å². The largest absolute Gasteiger partial charge is 0.444 e.